The molecule has 1 atom stereocenters. The molecule has 0 radical (unpaired) electrons. The Hall–Kier alpha value is -4.36. The molecule has 4 aromatic rings. The Morgan fingerprint density at radius 1 is 1.07 bits per heavy atom. The Kier molecular flexibility index (Phi) is 9.77. The molecule has 12 nitrogen and oxygen atoms in total. The van der Waals surface area contributed by atoms with Crippen molar-refractivity contribution in [3.8, 4) is 28.5 Å². The maximum Gasteiger partial charge on any atom is 0.319 e. The number of rotatable bonds is 12. The predicted octanol–water partition coefficient (Wildman–Crippen LogP) is 4.77. The number of carbonyl (C=O) groups is 2. The third-order valence-corrected chi connectivity index (χ3v) is 6.53. The second-order valence-electron chi connectivity index (χ2n) is 10.6. The Morgan fingerprint density at radius 3 is 2.40 bits per heavy atom. The zero-order chi connectivity index (χ0) is 29.9. The third-order valence-electron chi connectivity index (χ3n) is 6.53. The van der Waals surface area contributed by atoms with Crippen LogP contribution >= 0.6 is 12.4 Å². The van der Waals surface area contributed by atoms with Crippen molar-refractivity contribution >= 4 is 24.3 Å². The number of benzene rings is 2. The van der Waals surface area contributed by atoms with Crippen molar-refractivity contribution in [2.75, 3.05) is 13.2 Å². The zero-order valence-corrected chi connectivity index (χ0v) is 24.7. The number of aromatic nitrogens is 4. The van der Waals surface area contributed by atoms with Crippen molar-refractivity contribution in [2.45, 2.75) is 57.6 Å². The molecule has 1 unspecified atom stereocenters. The topological polar surface area (TPSA) is 168 Å². The molecule has 1 amide bonds. The lowest BCUT2D eigenvalue weighted by atomic mass is 10.0. The first-order valence-electron chi connectivity index (χ1n) is 13.6. The summed E-state index contributed by atoms with van der Waals surface area (Å²) in [6.45, 7) is 4.79. The largest absolute Gasteiger partial charge is 0.481 e. The third kappa shape index (κ3) is 7.73. The quantitative estimate of drug-likeness (QED) is 0.211. The summed E-state index contributed by atoms with van der Waals surface area (Å²) in [5, 5.41) is 10.7. The first kappa shape index (κ1) is 31.6. The molecular formula is C29H32ClFN6O6. The van der Waals surface area contributed by atoms with Gasteiger partial charge in [-0.15, -0.1) is 12.4 Å². The fraction of sp³-hybridized carbons (Fsp3) is 0.379. The highest BCUT2D eigenvalue weighted by Gasteiger charge is 2.30. The van der Waals surface area contributed by atoms with E-state index in [2.05, 4.69) is 25.6 Å². The fourth-order valence-corrected chi connectivity index (χ4v) is 4.06. The standard InChI is InChI=1S/C29H31FN6O6.ClH/c1-4-22(40-19-10-7-16(8-11-19)24-32-27(41-35-24)17-5-6-17)28-33-25(36-42-28)18-9-12-20(21(30)13-18)26(38)34-29(2,3)15-39-23(37)14-31;/h7-13,17,22H,4-6,14-15,31H2,1-3H3,(H,34,38);1H. The molecule has 1 saturated carbocycles. The maximum absolute atomic E-state index is 15.0. The van der Waals surface area contributed by atoms with E-state index in [0.717, 1.165) is 24.5 Å². The van der Waals surface area contributed by atoms with E-state index in [-0.39, 0.29) is 42.8 Å². The van der Waals surface area contributed by atoms with Crippen molar-refractivity contribution in [2.24, 2.45) is 5.73 Å². The van der Waals surface area contributed by atoms with E-state index < -0.39 is 29.3 Å². The summed E-state index contributed by atoms with van der Waals surface area (Å²) in [4.78, 5) is 32.9. The van der Waals surface area contributed by atoms with Gasteiger partial charge in [0.1, 0.15) is 18.2 Å². The molecule has 2 aromatic heterocycles. The van der Waals surface area contributed by atoms with Crippen LogP contribution in [0.4, 0.5) is 4.39 Å². The Bertz CT molecular complexity index is 1570. The maximum atomic E-state index is 15.0. The van der Waals surface area contributed by atoms with Gasteiger partial charge in [0.2, 0.25) is 17.5 Å². The smallest absolute Gasteiger partial charge is 0.319 e. The highest BCUT2D eigenvalue weighted by molar-refractivity contribution is 5.95. The number of nitrogens with two attached hydrogens (primary N) is 1. The summed E-state index contributed by atoms with van der Waals surface area (Å²) in [5.74, 6) is 0.478. The van der Waals surface area contributed by atoms with Crippen molar-refractivity contribution in [3.63, 3.8) is 0 Å². The highest BCUT2D eigenvalue weighted by atomic mass is 35.5. The minimum absolute atomic E-state index is 0. The minimum atomic E-state index is -0.947. The van der Waals surface area contributed by atoms with Crippen molar-refractivity contribution < 1.29 is 32.5 Å². The number of esters is 1. The van der Waals surface area contributed by atoms with Crippen molar-refractivity contribution in [1.82, 2.24) is 25.6 Å². The second kappa shape index (κ2) is 13.3. The van der Waals surface area contributed by atoms with E-state index in [9.17, 15) is 14.0 Å². The summed E-state index contributed by atoms with van der Waals surface area (Å²) in [6.07, 6.45) is 2.15. The van der Waals surface area contributed by atoms with E-state index in [1.165, 1.54) is 12.1 Å². The number of hydrogen-bond acceptors (Lipinski definition) is 11. The zero-order valence-electron chi connectivity index (χ0n) is 23.8. The molecular weight excluding hydrogens is 583 g/mol. The molecule has 0 aliphatic heterocycles. The summed E-state index contributed by atoms with van der Waals surface area (Å²) in [7, 11) is 0. The van der Waals surface area contributed by atoms with E-state index in [1.807, 2.05) is 19.1 Å². The van der Waals surface area contributed by atoms with Gasteiger partial charge in [0.15, 0.2) is 6.10 Å². The van der Waals surface area contributed by atoms with Crippen LogP contribution in [0.1, 0.15) is 74.2 Å². The average Bonchev–Trinajstić information content (AvgIpc) is 3.49. The van der Waals surface area contributed by atoms with Gasteiger partial charge < -0.3 is 29.6 Å². The Labute approximate surface area is 252 Å². The summed E-state index contributed by atoms with van der Waals surface area (Å²) in [5.41, 5.74) is 5.22. The minimum Gasteiger partial charge on any atom is -0.481 e. The summed E-state index contributed by atoms with van der Waals surface area (Å²) in [6, 6.07) is 11.3. The van der Waals surface area contributed by atoms with Crippen molar-refractivity contribution in [1.29, 1.82) is 0 Å². The molecule has 1 fully saturated rings. The van der Waals surface area contributed by atoms with Gasteiger partial charge in [-0.05, 0) is 69.5 Å². The first-order chi connectivity index (χ1) is 20.2. The fourth-order valence-electron chi connectivity index (χ4n) is 4.06. The van der Waals surface area contributed by atoms with Gasteiger partial charge in [-0.3, -0.25) is 9.59 Å². The van der Waals surface area contributed by atoms with Crippen LogP contribution in [-0.2, 0) is 9.53 Å². The normalized spacial score (nSPS) is 13.6. The predicted molar refractivity (Wildman–Crippen MR) is 154 cm³/mol. The first-order valence-corrected chi connectivity index (χ1v) is 13.6. The van der Waals surface area contributed by atoms with Crippen LogP contribution < -0.4 is 15.8 Å². The van der Waals surface area contributed by atoms with Crippen LogP contribution in [0.25, 0.3) is 22.8 Å². The number of carbonyl (C=O) groups excluding carboxylic acids is 2. The molecule has 0 saturated heterocycles. The number of nitrogens with one attached hydrogen (secondary N) is 1. The molecule has 2 aromatic carbocycles. The molecule has 0 bridgehead atoms. The van der Waals surface area contributed by atoms with Gasteiger partial charge in [-0.2, -0.15) is 9.97 Å². The number of nitrogens with zero attached hydrogens (tertiary/aromatic N) is 4. The molecule has 1 aliphatic rings. The summed E-state index contributed by atoms with van der Waals surface area (Å²) >= 11 is 0. The van der Waals surface area contributed by atoms with Crippen LogP contribution in [0, 0.1) is 5.82 Å². The Morgan fingerprint density at radius 2 is 1.74 bits per heavy atom. The lowest BCUT2D eigenvalue weighted by molar-refractivity contribution is -0.143. The van der Waals surface area contributed by atoms with Crippen molar-refractivity contribution in [3.05, 3.63) is 65.6 Å². The number of hydrogen-bond donors (Lipinski definition) is 2. The summed E-state index contributed by atoms with van der Waals surface area (Å²) < 4.78 is 36.8. The van der Waals surface area contributed by atoms with Gasteiger partial charge in [-0.25, -0.2) is 4.39 Å². The molecule has 5 rings (SSSR count). The van der Waals surface area contributed by atoms with Crippen LogP contribution in [0.15, 0.2) is 51.5 Å². The molecule has 2 heterocycles. The number of ether oxygens (including phenoxy) is 2. The number of amides is 1. The van der Waals surface area contributed by atoms with Gasteiger partial charge in [0, 0.05) is 17.0 Å². The van der Waals surface area contributed by atoms with Crippen LogP contribution in [0.2, 0.25) is 0 Å². The molecule has 14 heteroatoms. The molecule has 228 valence electrons. The number of halogens is 2. The van der Waals surface area contributed by atoms with Crippen LogP contribution in [-0.4, -0.2) is 50.8 Å². The average molecular weight is 615 g/mol. The lowest BCUT2D eigenvalue weighted by Gasteiger charge is -2.25. The van der Waals surface area contributed by atoms with E-state index in [1.54, 1.807) is 26.0 Å². The van der Waals surface area contributed by atoms with E-state index in [4.69, 9.17) is 24.3 Å². The SMILES string of the molecule is CCC(Oc1ccc(-c2noc(C3CC3)n2)cc1)c1nc(-c2ccc(C(=O)NC(C)(C)COC(=O)CN)c(F)c2)no1.Cl. The monoisotopic (exact) mass is 614 g/mol. The lowest BCUT2D eigenvalue weighted by Crippen LogP contribution is -2.48. The second-order valence-corrected chi connectivity index (χ2v) is 10.6. The molecule has 1 aliphatic carbocycles. The molecule has 3 N–H and O–H groups in total. The van der Waals surface area contributed by atoms with Gasteiger partial charge in [-0.1, -0.05) is 23.3 Å². The van der Waals surface area contributed by atoms with Gasteiger partial charge in [0.05, 0.1) is 17.6 Å². The van der Waals surface area contributed by atoms with E-state index in [0.29, 0.717) is 35.4 Å². The van der Waals surface area contributed by atoms with Gasteiger partial charge >= 0.3 is 5.97 Å². The highest BCUT2D eigenvalue weighted by Crippen LogP contribution is 2.39. The van der Waals surface area contributed by atoms with E-state index >= 15 is 0 Å². The van der Waals surface area contributed by atoms with Crippen LogP contribution in [0.3, 0.4) is 0 Å². The molecule has 0 spiro atoms. The van der Waals surface area contributed by atoms with Gasteiger partial charge in [0.25, 0.3) is 11.8 Å². The molecule has 43 heavy (non-hydrogen) atoms. The van der Waals surface area contributed by atoms with Crippen LogP contribution in [0.5, 0.6) is 5.75 Å². The Balaban J connectivity index is 0.00000423.